The summed E-state index contributed by atoms with van der Waals surface area (Å²) in [6, 6.07) is 13.5. The van der Waals surface area contributed by atoms with Crippen LogP contribution in [0.3, 0.4) is 0 Å². The molecule has 0 fully saturated rings. The number of rotatable bonds is 3. The molecule has 0 aliphatic carbocycles. The van der Waals surface area contributed by atoms with Crippen LogP contribution < -0.4 is 10.2 Å². The molecule has 1 aliphatic rings. The highest BCUT2D eigenvalue weighted by atomic mass is 35.5. The first kappa shape index (κ1) is 16.8. The number of halogens is 1. The van der Waals surface area contributed by atoms with Crippen molar-refractivity contribution in [3.8, 4) is 0 Å². The second-order valence-corrected chi connectivity index (χ2v) is 6.67. The molecule has 2 aromatic carbocycles. The van der Waals surface area contributed by atoms with E-state index in [9.17, 15) is 9.90 Å². The molecule has 1 aliphatic heterocycles. The van der Waals surface area contributed by atoms with Crippen LogP contribution in [0.1, 0.15) is 37.4 Å². The number of hydrogen-bond acceptors (Lipinski definition) is 3. The van der Waals surface area contributed by atoms with Gasteiger partial charge in [-0.3, -0.25) is 4.79 Å². The molecule has 0 saturated carbocycles. The summed E-state index contributed by atoms with van der Waals surface area (Å²) < 4.78 is 0. The number of hydrogen-bond donors (Lipinski definition) is 2. The summed E-state index contributed by atoms with van der Waals surface area (Å²) in [7, 11) is 0. The number of benzene rings is 2. The van der Waals surface area contributed by atoms with Crippen molar-refractivity contribution in [2.24, 2.45) is 0 Å². The van der Waals surface area contributed by atoms with E-state index >= 15 is 0 Å². The van der Waals surface area contributed by atoms with Crippen molar-refractivity contribution < 1.29 is 9.90 Å². The summed E-state index contributed by atoms with van der Waals surface area (Å²) in [5, 5.41) is 13.7. The second-order valence-electron chi connectivity index (χ2n) is 6.23. The van der Waals surface area contributed by atoms with E-state index in [4.69, 9.17) is 11.6 Å². The molecule has 1 heterocycles. The first-order chi connectivity index (χ1) is 11.5. The molecule has 2 N–H and O–H groups in total. The Morgan fingerprint density at radius 2 is 2.00 bits per heavy atom. The lowest BCUT2D eigenvalue weighted by Gasteiger charge is -2.39. The van der Waals surface area contributed by atoms with Gasteiger partial charge in [-0.2, -0.15) is 0 Å². The minimum Gasteiger partial charge on any atom is -0.392 e. The summed E-state index contributed by atoms with van der Waals surface area (Å²) in [4.78, 5) is 13.9. The van der Waals surface area contributed by atoms with Crippen molar-refractivity contribution in [2.45, 2.75) is 39.0 Å². The minimum atomic E-state index is -0.0173. The van der Waals surface area contributed by atoms with Crippen molar-refractivity contribution >= 4 is 28.9 Å². The standard InChI is InChI=1S/C19H21ClN2O2/c1-12-9-18(21-16-6-4-15(20)5-7-16)17-10-14(11-23)3-8-19(17)22(12)13(2)24/h3-8,10,12,18,21,23H,9,11H2,1-2H3/t12-,18+/m0/s1. The molecule has 0 aromatic heterocycles. The molecule has 0 saturated heterocycles. The average Bonchev–Trinajstić information content (AvgIpc) is 2.56. The number of anilines is 2. The molecule has 0 unspecified atom stereocenters. The number of aliphatic hydroxyl groups is 1. The summed E-state index contributed by atoms with van der Waals surface area (Å²) >= 11 is 5.95. The first-order valence-corrected chi connectivity index (χ1v) is 8.43. The van der Waals surface area contributed by atoms with E-state index in [1.807, 2.05) is 47.4 Å². The summed E-state index contributed by atoms with van der Waals surface area (Å²) in [5.41, 5.74) is 3.76. The topological polar surface area (TPSA) is 52.6 Å². The van der Waals surface area contributed by atoms with Gasteiger partial charge >= 0.3 is 0 Å². The van der Waals surface area contributed by atoms with E-state index in [1.165, 1.54) is 0 Å². The van der Waals surface area contributed by atoms with E-state index in [1.54, 1.807) is 6.92 Å². The quantitative estimate of drug-likeness (QED) is 0.880. The molecule has 5 heteroatoms. The number of carbonyl (C=O) groups excluding carboxylic acids is 1. The fraction of sp³-hybridized carbons (Fsp3) is 0.316. The van der Waals surface area contributed by atoms with Crippen LogP contribution in [0.15, 0.2) is 42.5 Å². The van der Waals surface area contributed by atoms with Gasteiger partial charge < -0.3 is 15.3 Å². The van der Waals surface area contributed by atoms with E-state index in [0.29, 0.717) is 5.02 Å². The fourth-order valence-corrected chi connectivity index (χ4v) is 3.50. The number of carbonyl (C=O) groups is 1. The third-order valence-corrected chi connectivity index (χ3v) is 4.70. The van der Waals surface area contributed by atoms with Crippen molar-refractivity contribution in [3.63, 3.8) is 0 Å². The Morgan fingerprint density at radius 3 is 2.62 bits per heavy atom. The zero-order chi connectivity index (χ0) is 17.3. The normalized spacial score (nSPS) is 19.8. The fourth-order valence-electron chi connectivity index (χ4n) is 3.38. The molecule has 24 heavy (non-hydrogen) atoms. The third kappa shape index (κ3) is 3.25. The minimum absolute atomic E-state index is 0.0173. The van der Waals surface area contributed by atoms with Crippen molar-refractivity contribution in [3.05, 3.63) is 58.6 Å². The third-order valence-electron chi connectivity index (χ3n) is 4.45. The molecule has 2 atom stereocenters. The Balaban J connectivity index is 1.99. The van der Waals surface area contributed by atoms with Crippen LogP contribution in [0, 0.1) is 0 Å². The molecule has 4 nitrogen and oxygen atoms in total. The number of nitrogens with zero attached hydrogens (tertiary/aromatic N) is 1. The first-order valence-electron chi connectivity index (χ1n) is 8.05. The predicted molar refractivity (Wildman–Crippen MR) is 97.4 cm³/mol. The SMILES string of the molecule is CC(=O)N1c2ccc(CO)cc2[C@H](Nc2ccc(Cl)cc2)C[C@@H]1C. The van der Waals surface area contributed by atoms with Gasteiger partial charge in [-0.15, -0.1) is 0 Å². The smallest absolute Gasteiger partial charge is 0.224 e. The van der Waals surface area contributed by atoms with Crippen LogP contribution in [0.5, 0.6) is 0 Å². The lowest BCUT2D eigenvalue weighted by atomic mass is 9.90. The second kappa shape index (κ2) is 6.83. The summed E-state index contributed by atoms with van der Waals surface area (Å²) in [6.45, 7) is 3.63. The Hall–Kier alpha value is -2.04. The maximum absolute atomic E-state index is 12.1. The molecule has 1 amide bonds. The van der Waals surface area contributed by atoms with Crippen LogP contribution in [-0.2, 0) is 11.4 Å². The molecule has 126 valence electrons. The lowest BCUT2D eigenvalue weighted by Crippen LogP contribution is -2.43. The highest BCUT2D eigenvalue weighted by molar-refractivity contribution is 6.30. The van der Waals surface area contributed by atoms with E-state index < -0.39 is 0 Å². The molecule has 0 spiro atoms. The zero-order valence-corrected chi connectivity index (χ0v) is 14.5. The summed E-state index contributed by atoms with van der Waals surface area (Å²) in [5.74, 6) is 0.0328. The van der Waals surface area contributed by atoms with E-state index in [0.717, 1.165) is 28.9 Å². The van der Waals surface area contributed by atoms with Crippen LogP contribution >= 0.6 is 11.6 Å². The number of amides is 1. The van der Waals surface area contributed by atoms with Gasteiger partial charge in [0.15, 0.2) is 0 Å². The van der Waals surface area contributed by atoms with Gasteiger partial charge in [0.2, 0.25) is 5.91 Å². The number of fused-ring (bicyclic) bond motifs is 1. The summed E-state index contributed by atoms with van der Waals surface area (Å²) in [6.07, 6.45) is 0.796. The van der Waals surface area contributed by atoms with E-state index in [2.05, 4.69) is 12.2 Å². The molecule has 0 radical (unpaired) electrons. The molecule has 2 aromatic rings. The zero-order valence-electron chi connectivity index (χ0n) is 13.8. The highest BCUT2D eigenvalue weighted by Gasteiger charge is 2.32. The Kier molecular flexibility index (Phi) is 4.78. The predicted octanol–water partition coefficient (Wildman–Crippen LogP) is 4.13. The largest absolute Gasteiger partial charge is 0.392 e. The van der Waals surface area contributed by atoms with Gasteiger partial charge in [0.05, 0.1) is 12.6 Å². The van der Waals surface area contributed by atoms with E-state index in [-0.39, 0.29) is 24.6 Å². The van der Waals surface area contributed by atoms with Crippen molar-refractivity contribution in [1.82, 2.24) is 0 Å². The lowest BCUT2D eigenvalue weighted by molar-refractivity contribution is -0.117. The average molecular weight is 345 g/mol. The molecular weight excluding hydrogens is 324 g/mol. The van der Waals surface area contributed by atoms with Crippen molar-refractivity contribution in [2.75, 3.05) is 10.2 Å². The van der Waals surface area contributed by atoms with Crippen LogP contribution in [0.2, 0.25) is 5.02 Å². The number of nitrogens with one attached hydrogen (secondary N) is 1. The molecule has 3 rings (SSSR count). The monoisotopic (exact) mass is 344 g/mol. The maximum Gasteiger partial charge on any atom is 0.224 e. The van der Waals surface area contributed by atoms with Gasteiger partial charge in [-0.1, -0.05) is 17.7 Å². The highest BCUT2D eigenvalue weighted by Crippen LogP contribution is 2.39. The van der Waals surface area contributed by atoms with Gasteiger partial charge in [-0.25, -0.2) is 0 Å². The molecular formula is C19H21ClN2O2. The number of aliphatic hydroxyl groups excluding tert-OH is 1. The molecule has 0 bridgehead atoms. The van der Waals surface area contributed by atoms with Gasteiger partial charge in [0.1, 0.15) is 0 Å². The van der Waals surface area contributed by atoms with Crippen LogP contribution in [0.25, 0.3) is 0 Å². The Bertz CT molecular complexity index is 746. The Morgan fingerprint density at radius 1 is 1.29 bits per heavy atom. The maximum atomic E-state index is 12.1. The van der Waals surface area contributed by atoms with Crippen molar-refractivity contribution in [1.29, 1.82) is 0 Å². The van der Waals surface area contributed by atoms with Gasteiger partial charge in [-0.05, 0) is 60.9 Å². The van der Waals surface area contributed by atoms with Crippen LogP contribution in [-0.4, -0.2) is 17.1 Å². The van der Waals surface area contributed by atoms with Gasteiger partial charge in [0.25, 0.3) is 0 Å². The van der Waals surface area contributed by atoms with Crippen LogP contribution in [0.4, 0.5) is 11.4 Å². The Labute approximate surface area is 147 Å². The van der Waals surface area contributed by atoms with Gasteiger partial charge in [0, 0.05) is 29.4 Å².